The highest BCUT2D eigenvalue weighted by molar-refractivity contribution is 5.95. The normalized spacial score (nSPS) is 15.8. The van der Waals surface area contributed by atoms with Crippen LogP contribution in [0.4, 0.5) is 24.7 Å². The summed E-state index contributed by atoms with van der Waals surface area (Å²) in [6.07, 6.45) is 0.0364. The van der Waals surface area contributed by atoms with Gasteiger partial charge in [0.05, 0.1) is 17.3 Å². The van der Waals surface area contributed by atoms with Crippen molar-refractivity contribution in [2.24, 2.45) is 11.7 Å². The van der Waals surface area contributed by atoms with E-state index in [4.69, 9.17) is 5.73 Å². The van der Waals surface area contributed by atoms with E-state index in [1.165, 1.54) is 13.0 Å². The van der Waals surface area contributed by atoms with Crippen molar-refractivity contribution in [3.05, 3.63) is 94.7 Å². The summed E-state index contributed by atoms with van der Waals surface area (Å²) in [6.45, 7) is 14.4. The molecule has 0 radical (unpaired) electrons. The van der Waals surface area contributed by atoms with Crippen molar-refractivity contribution in [3.8, 4) is 0 Å². The number of hydrogen-bond donors (Lipinski definition) is 5. The molecule has 4 unspecified atom stereocenters. The first-order chi connectivity index (χ1) is 28.6. The molecule has 1 aliphatic heterocycles. The summed E-state index contributed by atoms with van der Waals surface area (Å²) in [5.74, 6) is -0.177. The fourth-order valence-electron chi connectivity index (χ4n) is 8.00. The van der Waals surface area contributed by atoms with Crippen molar-refractivity contribution >= 4 is 34.1 Å². The van der Waals surface area contributed by atoms with Crippen LogP contribution in [0, 0.1) is 19.8 Å². The van der Waals surface area contributed by atoms with E-state index in [1.807, 2.05) is 58.0 Å². The highest BCUT2D eigenvalue weighted by Crippen LogP contribution is 2.36. The molecule has 11 nitrogen and oxygen atoms in total. The largest absolute Gasteiger partial charge is 0.416 e. The van der Waals surface area contributed by atoms with Gasteiger partial charge >= 0.3 is 6.18 Å². The average Bonchev–Trinajstić information content (AvgIpc) is 3.22. The number of carbonyl (C=O) groups is 2. The van der Waals surface area contributed by atoms with E-state index < -0.39 is 41.9 Å². The number of nitrogens with zero attached hydrogens (tertiary/aromatic N) is 4. The molecule has 0 bridgehead atoms. The second-order valence-electron chi connectivity index (χ2n) is 16.6. The van der Waals surface area contributed by atoms with Crippen LogP contribution < -0.4 is 26.6 Å². The molecule has 4 atom stereocenters. The lowest BCUT2D eigenvalue weighted by Crippen LogP contribution is -2.54. The van der Waals surface area contributed by atoms with Crippen LogP contribution in [0.5, 0.6) is 0 Å². The van der Waals surface area contributed by atoms with Gasteiger partial charge in [-0.3, -0.25) is 14.5 Å². The zero-order valence-corrected chi connectivity index (χ0v) is 35.7. The molecular weight excluding hydrogens is 770 g/mol. The first-order valence-corrected chi connectivity index (χ1v) is 21.4. The number of halogens is 3. The fraction of sp³-hybridized carbons (Fsp3) is 0.522. The van der Waals surface area contributed by atoms with Crippen LogP contribution in [-0.4, -0.2) is 89.5 Å². The summed E-state index contributed by atoms with van der Waals surface area (Å²) >= 11 is 0. The van der Waals surface area contributed by atoms with Crippen LogP contribution in [0.3, 0.4) is 0 Å². The topological polar surface area (TPSA) is 149 Å². The lowest BCUT2D eigenvalue weighted by atomic mass is 9.97. The summed E-state index contributed by atoms with van der Waals surface area (Å²) in [6, 6.07) is 18.0. The number of aliphatic hydroxyl groups excluding tert-OH is 1. The number of piperazine rings is 1. The van der Waals surface area contributed by atoms with Crippen LogP contribution in [0.15, 0.2) is 66.7 Å². The molecule has 1 aliphatic rings. The molecule has 0 saturated carbocycles. The van der Waals surface area contributed by atoms with Crippen molar-refractivity contribution in [3.63, 3.8) is 0 Å². The standard InChI is InChI=1S/C46H63F3N8O3/c1-30(2)27-41(53-45(60)42(58)40(50)28-34-15-10-9-11-16-34)44(59)51-21-12-7-6-8-13-22-56-23-25-57(26-24-56)35-19-20-37-33(5)54-55-43(38(37)29-35)52-32(4)36-17-14-18-39(31(36)3)46(47,48)49/h9-11,14-20,29-30,32,40-42,58H,6-8,12-13,21-28,50H2,1-5H3,(H,51,59)(H,52,55)(H,53,60). The number of rotatable bonds is 20. The number of nitrogens with two attached hydrogens (primary N) is 1. The Balaban J connectivity index is 1.02. The number of carbonyl (C=O) groups excluding carboxylic acids is 2. The predicted molar refractivity (Wildman–Crippen MR) is 233 cm³/mol. The minimum Gasteiger partial charge on any atom is -0.382 e. The van der Waals surface area contributed by atoms with Crippen molar-refractivity contribution in [1.29, 1.82) is 0 Å². The molecule has 2 amide bonds. The Hall–Kier alpha value is -4.79. The van der Waals surface area contributed by atoms with Crippen molar-refractivity contribution < 1.29 is 27.9 Å². The minimum atomic E-state index is -4.42. The van der Waals surface area contributed by atoms with Gasteiger partial charge in [-0.2, -0.15) is 18.3 Å². The number of amides is 2. The maximum absolute atomic E-state index is 13.6. The van der Waals surface area contributed by atoms with E-state index in [0.717, 1.165) is 98.6 Å². The Morgan fingerprint density at radius 3 is 2.25 bits per heavy atom. The summed E-state index contributed by atoms with van der Waals surface area (Å²) in [4.78, 5) is 30.8. The average molecular weight is 833 g/mol. The van der Waals surface area contributed by atoms with Crippen LogP contribution in [0.25, 0.3) is 10.8 Å². The van der Waals surface area contributed by atoms with Crippen LogP contribution in [-0.2, 0) is 22.2 Å². The van der Waals surface area contributed by atoms with Crippen LogP contribution in [0.1, 0.15) is 93.3 Å². The second kappa shape index (κ2) is 21.6. The maximum atomic E-state index is 13.6. The van der Waals surface area contributed by atoms with Gasteiger partial charge in [0.2, 0.25) is 5.91 Å². The zero-order chi connectivity index (χ0) is 43.4. The number of fused-ring (bicyclic) bond motifs is 1. The Kier molecular flexibility index (Phi) is 16.7. The molecular formula is C46H63F3N8O3. The number of aromatic nitrogens is 2. The number of hydrogen-bond acceptors (Lipinski definition) is 9. The Bertz CT molecular complexity index is 2010. The molecule has 0 aliphatic carbocycles. The van der Waals surface area contributed by atoms with Gasteiger partial charge in [-0.25, -0.2) is 0 Å². The molecule has 14 heteroatoms. The molecule has 60 heavy (non-hydrogen) atoms. The Morgan fingerprint density at radius 1 is 0.850 bits per heavy atom. The number of benzene rings is 3. The summed E-state index contributed by atoms with van der Waals surface area (Å²) in [7, 11) is 0. The van der Waals surface area contributed by atoms with Gasteiger partial charge in [0.1, 0.15) is 12.1 Å². The fourth-order valence-corrected chi connectivity index (χ4v) is 8.00. The van der Waals surface area contributed by atoms with Crippen molar-refractivity contribution in [1.82, 2.24) is 25.7 Å². The highest BCUT2D eigenvalue weighted by Gasteiger charge is 2.33. The molecule has 3 aromatic carbocycles. The first kappa shape index (κ1) is 46.3. The van der Waals surface area contributed by atoms with Gasteiger partial charge in [0, 0.05) is 55.2 Å². The Labute approximate surface area is 352 Å². The van der Waals surface area contributed by atoms with Crippen LogP contribution in [0.2, 0.25) is 0 Å². The third-order valence-corrected chi connectivity index (χ3v) is 11.5. The molecule has 1 aromatic heterocycles. The van der Waals surface area contributed by atoms with E-state index in [0.29, 0.717) is 30.8 Å². The predicted octanol–water partition coefficient (Wildman–Crippen LogP) is 7.09. The quantitative estimate of drug-likeness (QED) is 0.0589. The highest BCUT2D eigenvalue weighted by atomic mass is 19.4. The van der Waals surface area contributed by atoms with E-state index in [2.05, 4.69) is 54.1 Å². The molecule has 326 valence electrons. The number of nitrogens with one attached hydrogen (secondary N) is 3. The molecule has 0 spiro atoms. The first-order valence-electron chi connectivity index (χ1n) is 21.4. The molecule has 4 aromatic rings. The molecule has 1 fully saturated rings. The van der Waals surface area contributed by atoms with Gasteiger partial charge in [-0.05, 0) is 93.8 Å². The van der Waals surface area contributed by atoms with Gasteiger partial charge in [-0.1, -0.05) is 81.6 Å². The monoisotopic (exact) mass is 832 g/mol. The summed E-state index contributed by atoms with van der Waals surface area (Å²) < 4.78 is 40.9. The van der Waals surface area contributed by atoms with Gasteiger partial charge in [0.15, 0.2) is 5.82 Å². The smallest absolute Gasteiger partial charge is 0.382 e. The summed E-state index contributed by atoms with van der Waals surface area (Å²) in [5.41, 5.74) is 9.05. The molecule has 1 saturated heterocycles. The maximum Gasteiger partial charge on any atom is 0.416 e. The number of alkyl halides is 3. The van der Waals surface area contributed by atoms with Crippen molar-refractivity contribution in [2.75, 3.05) is 49.5 Å². The Morgan fingerprint density at radius 2 is 1.55 bits per heavy atom. The zero-order valence-electron chi connectivity index (χ0n) is 35.7. The third kappa shape index (κ3) is 12.9. The number of unbranched alkanes of at least 4 members (excludes halogenated alkanes) is 4. The summed E-state index contributed by atoms with van der Waals surface area (Å²) in [5, 5.41) is 30.3. The van der Waals surface area contributed by atoms with Crippen LogP contribution >= 0.6 is 0 Å². The SMILES string of the molecule is Cc1c(C(C)Nc2nnc(C)c3ccc(N4CCN(CCCCCCCNC(=O)C(CC(C)C)NC(=O)C(O)C(N)Cc5ccccc5)CC4)cc23)cccc1C(F)(F)F. The lowest BCUT2D eigenvalue weighted by molar-refractivity contribution is -0.138. The van der Waals surface area contributed by atoms with Gasteiger partial charge in [0.25, 0.3) is 5.91 Å². The molecule has 6 N–H and O–H groups in total. The molecule has 5 rings (SSSR count). The van der Waals surface area contributed by atoms with E-state index >= 15 is 0 Å². The third-order valence-electron chi connectivity index (χ3n) is 11.5. The second-order valence-corrected chi connectivity index (χ2v) is 16.6. The lowest BCUT2D eigenvalue weighted by Gasteiger charge is -2.36. The van der Waals surface area contributed by atoms with E-state index in [9.17, 15) is 27.9 Å². The number of aliphatic hydroxyl groups is 1. The minimum absolute atomic E-state index is 0.165. The number of aryl methyl sites for hydroxylation is 1. The van der Waals surface area contributed by atoms with E-state index in [-0.39, 0.29) is 17.4 Å². The molecule has 2 heterocycles. The van der Waals surface area contributed by atoms with Gasteiger partial charge < -0.3 is 31.7 Å². The van der Waals surface area contributed by atoms with Crippen molar-refractivity contribution in [2.45, 2.75) is 110 Å². The van der Waals surface area contributed by atoms with E-state index in [1.54, 1.807) is 6.07 Å². The number of anilines is 2. The van der Waals surface area contributed by atoms with Gasteiger partial charge in [-0.15, -0.1) is 5.10 Å².